The summed E-state index contributed by atoms with van der Waals surface area (Å²) in [5, 5.41) is 3.04. The van der Waals surface area contributed by atoms with E-state index >= 15 is 0 Å². The summed E-state index contributed by atoms with van der Waals surface area (Å²) in [6, 6.07) is 24.4. The largest absolute Gasteiger partial charge is 0.354 e. The molecule has 226 valence electrons. The fourth-order valence-electron chi connectivity index (χ4n) is 4.89. The van der Waals surface area contributed by atoms with E-state index in [0.717, 1.165) is 28.7 Å². The van der Waals surface area contributed by atoms with Crippen LogP contribution in [0.2, 0.25) is 0 Å². The molecule has 0 aliphatic rings. The lowest BCUT2D eigenvalue weighted by atomic mass is 10.0. The topological polar surface area (TPSA) is 86.8 Å². The van der Waals surface area contributed by atoms with Gasteiger partial charge in [-0.1, -0.05) is 93.1 Å². The van der Waals surface area contributed by atoms with Crippen molar-refractivity contribution in [2.24, 2.45) is 5.92 Å². The van der Waals surface area contributed by atoms with E-state index in [-0.39, 0.29) is 37.2 Å². The van der Waals surface area contributed by atoms with Gasteiger partial charge in [-0.25, -0.2) is 8.42 Å². The molecule has 0 aliphatic carbocycles. The molecule has 0 spiro atoms. The first-order valence-electron chi connectivity index (χ1n) is 14.7. The maximum atomic E-state index is 13.9. The van der Waals surface area contributed by atoms with Gasteiger partial charge in [0.15, 0.2) is 0 Å². The van der Waals surface area contributed by atoms with E-state index in [1.807, 2.05) is 94.4 Å². The summed E-state index contributed by atoms with van der Waals surface area (Å²) in [4.78, 5) is 29.2. The molecule has 0 aromatic heterocycles. The molecule has 0 heterocycles. The van der Waals surface area contributed by atoms with Crippen LogP contribution in [0, 0.1) is 12.8 Å². The van der Waals surface area contributed by atoms with Crippen molar-refractivity contribution in [3.8, 4) is 0 Å². The lowest BCUT2D eigenvalue weighted by molar-refractivity contribution is -0.141. The number of nitrogens with zero attached hydrogens (tertiary/aromatic N) is 2. The SMILES string of the molecule is CCc1ccc(N(CCCC(=O)N(Cc2cccc(C)c2)C(Cc2ccccc2)C(=O)NCC(C)C)S(C)(=O)=O)cc1. The predicted molar refractivity (Wildman–Crippen MR) is 171 cm³/mol. The van der Waals surface area contributed by atoms with Crippen molar-refractivity contribution in [2.75, 3.05) is 23.7 Å². The molecular formula is C34H45N3O4S. The molecule has 3 aromatic carbocycles. The highest BCUT2D eigenvalue weighted by Crippen LogP contribution is 2.21. The lowest BCUT2D eigenvalue weighted by Crippen LogP contribution is -2.51. The molecule has 1 unspecified atom stereocenters. The summed E-state index contributed by atoms with van der Waals surface area (Å²) < 4.78 is 26.7. The second-order valence-corrected chi connectivity index (χ2v) is 13.2. The number of carbonyl (C=O) groups is 2. The van der Waals surface area contributed by atoms with Gasteiger partial charge in [0.2, 0.25) is 21.8 Å². The van der Waals surface area contributed by atoms with Crippen LogP contribution in [0.5, 0.6) is 0 Å². The molecule has 0 aliphatic heterocycles. The first-order valence-corrected chi connectivity index (χ1v) is 16.6. The van der Waals surface area contributed by atoms with Crippen LogP contribution in [-0.4, -0.2) is 50.5 Å². The maximum Gasteiger partial charge on any atom is 0.243 e. The van der Waals surface area contributed by atoms with Crippen molar-refractivity contribution < 1.29 is 18.0 Å². The Kier molecular flexibility index (Phi) is 12.2. The van der Waals surface area contributed by atoms with Crippen molar-refractivity contribution >= 4 is 27.5 Å². The van der Waals surface area contributed by atoms with Crippen LogP contribution >= 0.6 is 0 Å². The van der Waals surface area contributed by atoms with E-state index in [1.54, 1.807) is 17.0 Å². The zero-order valence-electron chi connectivity index (χ0n) is 25.5. The molecular weight excluding hydrogens is 546 g/mol. The standard InChI is InChI=1S/C34H45N3O4S/c1-6-28-17-19-31(20-18-28)37(42(5,40)41)21-11-16-33(38)36(25-30-15-10-12-27(4)22-30)32(34(39)35-24-26(2)3)23-29-13-8-7-9-14-29/h7-10,12-15,17-20,22,26,32H,6,11,16,21,23-25H2,1-5H3,(H,35,39). The number of sulfonamides is 1. The minimum absolute atomic E-state index is 0.105. The van der Waals surface area contributed by atoms with Gasteiger partial charge in [0.1, 0.15) is 6.04 Å². The summed E-state index contributed by atoms with van der Waals surface area (Å²) in [5.41, 5.74) is 4.67. The third-order valence-corrected chi connectivity index (χ3v) is 8.37. The van der Waals surface area contributed by atoms with Crippen LogP contribution in [0.15, 0.2) is 78.9 Å². The molecule has 1 atom stereocenters. The van der Waals surface area contributed by atoms with Gasteiger partial charge in [0.25, 0.3) is 0 Å². The summed E-state index contributed by atoms with van der Waals surface area (Å²) in [5.74, 6) is -0.116. The molecule has 8 heteroatoms. The summed E-state index contributed by atoms with van der Waals surface area (Å²) in [6.07, 6.45) is 2.84. The normalized spacial score (nSPS) is 12.1. The Morgan fingerprint density at radius 2 is 1.55 bits per heavy atom. The fourth-order valence-corrected chi connectivity index (χ4v) is 5.85. The number of aryl methyl sites for hydroxylation is 2. The van der Waals surface area contributed by atoms with E-state index in [2.05, 4.69) is 5.32 Å². The molecule has 1 N–H and O–H groups in total. The zero-order valence-corrected chi connectivity index (χ0v) is 26.4. The number of rotatable bonds is 15. The van der Waals surface area contributed by atoms with Gasteiger partial charge >= 0.3 is 0 Å². The molecule has 3 rings (SSSR count). The summed E-state index contributed by atoms with van der Waals surface area (Å²) in [7, 11) is -3.55. The zero-order chi connectivity index (χ0) is 30.7. The van der Waals surface area contributed by atoms with Crippen molar-refractivity contribution in [3.05, 3.63) is 101 Å². The summed E-state index contributed by atoms with van der Waals surface area (Å²) in [6.45, 7) is 9.07. The van der Waals surface area contributed by atoms with Gasteiger partial charge in [-0.05, 0) is 54.5 Å². The average Bonchev–Trinajstić information content (AvgIpc) is 2.95. The molecule has 3 aromatic rings. The number of benzene rings is 3. The number of nitrogens with one attached hydrogen (secondary N) is 1. The van der Waals surface area contributed by atoms with Gasteiger partial charge in [-0.3, -0.25) is 13.9 Å². The van der Waals surface area contributed by atoms with Gasteiger partial charge in [-0.2, -0.15) is 0 Å². The Balaban J connectivity index is 1.87. The second kappa shape index (κ2) is 15.5. The molecule has 2 amide bonds. The van der Waals surface area contributed by atoms with E-state index in [4.69, 9.17) is 0 Å². The minimum Gasteiger partial charge on any atom is -0.354 e. The molecule has 42 heavy (non-hydrogen) atoms. The summed E-state index contributed by atoms with van der Waals surface area (Å²) >= 11 is 0. The molecule has 0 radical (unpaired) electrons. The van der Waals surface area contributed by atoms with Gasteiger partial charge < -0.3 is 10.2 Å². The van der Waals surface area contributed by atoms with Crippen molar-refractivity contribution in [2.45, 2.75) is 66.0 Å². The minimum atomic E-state index is -3.55. The van der Waals surface area contributed by atoms with Gasteiger partial charge in [0.05, 0.1) is 11.9 Å². The Morgan fingerprint density at radius 1 is 0.881 bits per heavy atom. The third-order valence-electron chi connectivity index (χ3n) is 7.18. The Morgan fingerprint density at radius 3 is 2.14 bits per heavy atom. The number of amides is 2. The molecule has 0 fully saturated rings. The quantitative estimate of drug-likeness (QED) is 0.252. The van der Waals surface area contributed by atoms with E-state index < -0.39 is 16.1 Å². The van der Waals surface area contributed by atoms with Crippen molar-refractivity contribution in [1.29, 1.82) is 0 Å². The monoisotopic (exact) mass is 591 g/mol. The van der Waals surface area contributed by atoms with Crippen LogP contribution in [0.25, 0.3) is 0 Å². The predicted octanol–water partition coefficient (Wildman–Crippen LogP) is 5.52. The molecule has 0 saturated heterocycles. The van der Waals surface area contributed by atoms with Crippen LogP contribution in [-0.2, 0) is 39.0 Å². The van der Waals surface area contributed by atoms with Crippen molar-refractivity contribution in [3.63, 3.8) is 0 Å². The second-order valence-electron chi connectivity index (χ2n) is 11.3. The number of carbonyl (C=O) groups excluding carboxylic acids is 2. The van der Waals surface area contributed by atoms with E-state index in [0.29, 0.717) is 25.1 Å². The highest BCUT2D eigenvalue weighted by atomic mass is 32.2. The van der Waals surface area contributed by atoms with Crippen LogP contribution in [0.1, 0.15) is 55.9 Å². The Bertz CT molecular complexity index is 1410. The lowest BCUT2D eigenvalue weighted by Gasteiger charge is -2.32. The first kappa shape index (κ1) is 32.9. The van der Waals surface area contributed by atoms with Crippen molar-refractivity contribution in [1.82, 2.24) is 10.2 Å². The number of hydrogen-bond donors (Lipinski definition) is 1. The van der Waals surface area contributed by atoms with Gasteiger partial charge in [-0.15, -0.1) is 0 Å². The van der Waals surface area contributed by atoms with E-state index in [9.17, 15) is 18.0 Å². The van der Waals surface area contributed by atoms with E-state index in [1.165, 1.54) is 10.6 Å². The number of hydrogen-bond acceptors (Lipinski definition) is 4. The fraction of sp³-hybridized carbons (Fsp3) is 0.412. The number of anilines is 1. The van der Waals surface area contributed by atoms with Crippen LogP contribution in [0.3, 0.4) is 0 Å². The third kappa shape index (κ3) is 10.0. The first-order chi connectivity index (χ1) is 20.0. The Hall–Kier alpha value is -3.65. The highest BCUT2D eigenvalue weighted by Gasteiger charge is 2.30. The average molecular weight is 592 g/mol. The smallest absolute Gasteiger partial charge is 0.243 e. The Labute approximate surface area is 252 Å². The highest BCUT2D eigenvalue weighted by molar-refractivity contribution is 7.92. The molecule has 0 saturated carbocycles. The molecule has 7 nitrogen and oxygen atoms in total. The maximum absolute atomic E-state index is 13.9. The van der Waals surface area contributed by atoms with Gasteiger partial charge in [0, 0.05) is 32.5 Å². The van der Waals surface area contributed by atoms with Crippen LogP contribution in [0.4, 0.5) is 5.69 Å². The van der Waals surface area contributed by atoms with Crippen LogP contribution < -0.4 is 9.62 Å². The molecule has 0 bridgehead atoms.